The average molecular weight is 447 g/mol. The summed E-state index contributed by atoms with van der Waals surface area (Å²) in [7, 11) is 1.36. The second-order valence-corrected chi connectivity index (χ2v) is 9.32. The highest BCUT2D eigenvalue weighted by molar-refractivity contribution is 6.34. The predicted octanol–water partition coefficient (Wildman–Crippen LogP) is 5.14. The molecule has 7 heteroatoms. The van der Waals surface area contributed by atoms with Gasteiger partial charge in [-0.25, -0.2) is 4.79 Å². The lowest BCUT2D eigenvalue weighted by molar-refractivity contribution is -0.135. The molecule has 2 aromatic carbocycles. The van der Waals surface area contributed by atoms with Crippen LogP contribution in [0.15, 0.2) is 42.5 Å². The van der Waals surface area contributed by atoms with Gasteiger partial charge in [-0.2, -0.15) is 0 Å². The molecule has 0 spiro atoms. The van der Waals surface area contributed by atoms with Crippen LogP contribution in [0.5, 0.6) is 0 Å². The van der Waals surface area contributed by atoms with Gasteiger partial charge in [-0.1, -0.05) is 35.3 Å². The van der Waals surface area contributed by atoms with E-state index in [1.165, 1.54) is 7.11 Å². The molecule has 0 bridgehead atoms. The molecule has 5 nitrogen and oxygen atoms in total. The fraction of sp³-hybridized carbons (Fsp3) is 0.391. The molecule has 1 N–H and O–H groups in total. The van der Waals surface area contributed by atoms with Gasteiger partial charge in [0, 0.05) is 10.0 Å². The number of ether oxygens (including phenoxy) is 1. The van der Waals surface area contributed by atoms with Gasteiger partial charge in [0.05, 0.1) is 24.4 Å². The maximum atomic E-state index is 13.6. The molecule has 1 saturated carbocycles. The zero-order valence-electron chi connectivity index (χ0n) is 17.1. The minimum atomic E-state index is -0.565. The van der Waals surface area contributed by atoms with Crippen LogP contribution in [0.4, 0.5) is 0 Å². The molecule has 4 rings (SSSR count). The van der Waals surface area contributed by atoms with E-state index < -0.39 is 11.7 Å². The summed E-state index contributed by atoms with van der Waals surface area (Å²) in [4.78, 5) is 27.3. The number of esters is 1. The molecule has 158 valence electrons. The molecule has 0 radical (unpaired) electrons. The van der Waals surface area contributed by atoms with E-state index in [9.17, 15) is 9.59 Å². The first-order valence-corrected chi connectivity index (χ1v) is 10.7. The van der Waals surface area contributed by atoms with Crippen molar-refractivity contribution in [1.82, 2.24) is 10.2 Å². The topological polar surface area (TPSA) is 58.6 Å². The lowest BCUT2D eigenvalue weighted by Gasteiger charge is -2.38. The summed E-state index contributed by atoms with van der Waals surface area (Å²) in [6, 6.07) is 12.0. The minimum absolute atomic E-state index is 0.00715. The highest BCUT2D eigenvalue weighted by Crippen LogP contribution is 2.49. The number of halogens is 2. The van der Waals surface area contributed by atoms with Crippen LogP contribution in [0, 0.1) is 5.92 Å². The number of carbonyl (C=O) groups is 2. The van der Waals surface area contributed by atoms with Crippen molar-refractivity contribution in [3.05, 3.63) is 69.2 Å². The van der Waals surface area contributed by atoms with Crippen LogP contribution < -0.4 is 5.32 Å². The molecule has 2 aliphatic rings. The van der Waals surface area contributed by atoms with Gasteiger partial charge in [0.15, 0.2) is 0 Å². The first kappa shape index (κ1) is 21.2. The number of amides is 1. The molecule has 30 heavy (non-hydrogen) atoms. The Kier molecular flexibility index (Phi) is 5.56. The van der Waals surface area contributed by atoms with Crippen molar-refractivity contribution in [3.8, 4) is 0 Å². The Morgan fingerprint density at radius 1 is 1.13 bits per heavy atom. The van der Waals surface area contributed by atoms with E-state index in [0.717, 1.165) is 24.0 Å². The third-order valence-electron chi connectivity index (χ3n) is 5.82. The Balaban J connectivity index is 1.69. The fourth-order valence-electron chi connectivity index (χ4n) is 4.33. The molecule has 1 heterocycles. The van der Waals surface area contributed by atoms with Crippen LogP contribution in [0.1, 0.15) is 60.3 Å². The summed E-state index contributed by atoms with van der Waals surface area (Å²) < 4.78 is 4.79. The van der Waals surface area contributed by atoms with Crippen LogP contribution in [0.25, 0.3) is 0 Å². The number of benzene rings is 2. The molecule has 1 unspecified atom stereocenters. The smallest absolute Gasteiger partial charge is 0.337 e. The Labute approximate surface area is 186 Å². The van der Waals surface area contributed by atoms with Gasteiger partial charge in [-0.3, -0.25) is 10.1 Å². The molecular formula is C23H24Cl2N2O3. The van der Waals surface area contributed by atoms with E-state index in [1.807, 2.05) is 30.9 Å². The lowest BCUT2D eigenvalue weighted by Crippen LogP contribution is -2.49. The van der Waals surface area contributed by atoms with Crippen molar-refractivity contribution in [2.24, 2.45) is 5.92 Å². The largest absolute Gasteiger partial charge is 0.465 e. The Hall–Kier alpha value is -2.08. The third kappa shape index (κ3) is 3.94. The molecule has 1 aliphatic heterocycles. The van der Waals surface area contributed by atoms with Gasteiger partial charge in [0.2, 0.25) is 5.91 Å². The second-order valence-electron chi connectivity index (χ2n) is 8.44. The van der Waals surface area contributed by atoms with Crippen LogP contribution in [-0.2, 0) is 9.53 Å². The first-order chi connectivity index (χ1) is 14.2. The average Bonchev–Trinajstić information content (AvgIpc) is 3.49. The summed E-state index contributed by atoms with van der Waals surface area (Å²) in [6.07, 6.45) is 2.13. The molecule has 0 aromatic heterocycles. The normalized spacial score (nSPS) is 21.6. The van der Waals surface area contributed by atoms with E-state index in [1.54, 1.807) is 30.3 Å². The molecule has 1 saturated heterocycles. The van der Waals surface area contributed by atoms with Crippen LogP contribution in [0.3, 0.4) is 0 Å². The molecule has 2 aromatic rings. The molecule has 1 aliphatic carbocycles. The van der Waals surface area contributed by atoms with Crippen molar-refractivity contribution >= 4 is 35.1 Å². The van der Waals surface area contributed by atoms with Gasteiger partial charge < -0.3 is 9.64 Å². The van der Waals surface area contributed by atoms with E-state index in [4.69, 9.17) is 27.9 Å². The van der Waals surface area contributed by atoms with E-state index >= 15 is 0 Å². The summed E-state index contributed by atoms with van der Waals surface area (Å²) >= 11 is 12.4. The summed E-state index contributed by atoms with van der Waals surface area (Å²) in [6.45, 7) is 4.02. The van der Waals surface area contributed by atoms with Gasteiger partial charge in [-0.05, 0) is 74.1 Å². The van der Waals surface area contributed by atoms with Gasteiger partial charge in [0.1, 0.15) is 6.04 Å². The molecular weight excluding hydrogens is 423 g/mol. The van der Waals surface area contributed by atoms with Crippen molar-refractivity contribution in [2.45, 2.75) is 44.4 Å². The SMILES string of the molecule is COC(=O)c1ccc([C@@H](C2CC2)N2C(=O)C(c3cc(Cl)cc(Cl)c3)NC2(C)C)cc1. The minimum Gasteiger partial charge on any atom is -0.465 e. The predicted molar refractivity (Wildman–Crippen MR) is 117 cm³/mol. The Morgan fingerprint density at radius 3 is 2.27 bits per heavy atom. The first-order valence-electron chi connectivity index (χ1n) is 9.96. The Morgan fingerprint density at radius 2 is 1.73 bits per heavy atom. The number of carbonyl (C=O) groups excluding carboxylic acids is 2. The lowest BCUT2D eigenvalue weighted by atomic mass is 9.96. The monoisotopic (exact) mass is 446 g/mol. The molecule has 2 fully saturated rings. The van der Waals surface area contributed by atoms with Crippen LogP contribution in [0.2, 0.25) is 10.0 Å². The third-order valence-corrected chi connectivity index (χ3v) is 6.26. The maximum absolute atomic E-state index is 13.6. The Bertz CT molecular complexity index is 966. The number of hydrogen-bond donors (Lipinski definition) is 1. The van der Waals surface area contributed by atoms with Crippen molar-refractivity contribution in [1.29, 1.82) is 0 Å². The standard InChI is InChI=1S/C23H24Cl2N2O3/c1-23(2)26-19(16-10-17(24)12-18(25)11-16)21(28)27(23)20(13-4-5-13)14-6-8-15(9-7-14)22(29)30-3/h6-13,19-20,26H,4-5H2,1-3H3/t19?,20-/m1/s1. The zero-order valence-corrected chi connectivity index (χ0v) is 18.6. The summed E-state index contributed by atoms with van der Waals surface area (Å²) in [5, 5.41) is 4.46. The van der Waals surface area contributed by atoms with Gasteiger partial charge >= 0.3 is 5.97 Å². The van der Waals surface area contributed by atoms with Gasteiger partial charge in [0.25, 0.3) is 0 Å². The quantitative estimate of drug-likeness (QED) is 0.645. The number of hydrogen-bond acceptors (Lipinski definition) is 4. The highest BCUT2D eigenvalue weighted by atomic mass is 35.5. The number of nitrogens with zero attached hydrogens (tertiary/aromatic N) is 1. The number of methoxy groups -OCH3 is 1. The van der Waals surface area contributed by atoms with Crippen molar-refractivity contribution < 1.29 is 14.3 Å². The summed E-state index contributed by atoms with van der Waals surface area (Å²) in [5.74, 6) is 0.00893. The van der Waals surface area contributed by atoms with Gasteiger partial charge in [-0.15, -0.1) is 0 Å². The summed E-state index contributed by atoms with van der Waals surface area (Å²) in [5.41, 5.74) is 1.69. The maximum Gasteiger partial charge on any atom is 0.337 e. The van der Waals surface area contributed by atoms with Crippen molar-refractivity contribution in [3.63, 3.8) is 0 Å². The molecule has 2 atom stereocenters. The van der Waals surface area contributed by atoms with Crippen molar-refractivity contribution in [2.75, 3.05) is 7.11 Å². The zero-order chi connectivity index (χ0) is 21.6. The van der Waals surface area contributed by atoms with E-state index in [-0.39, 0.29) is 17.9 Å². The van der Waals surface area contributed by atoms with E-state index in [0.29, 0.717) is 21.5 Å². The van der Waals surface area contributed by atoms with E-state index in [2.05, 4.69) is 5.32 Å². The highest BCUT2D eigenvalue weighted by Gasteiger charge is 2.51. The number of nitrogens with one attached hydrogen (secondary N) is 1. The molecule has 1 amide bonds. The second kappa shape index (κ2) is 7.88. The van der Waals surface area contributed by atoms with Crippen LogP contribution in [-0.4, -0.2) is 29.5 Å². The fourth-order valence-corrected chi connectivity index (χ4v) is 4.87. The number of rotatable bonds is 5. The van der Waals surface area contributed by atoms with Crippen LogP contribution >= 0.6 is 23.2 Å².